The Kier molecular flexibility index (Phi) is 8.49. The molecule has 0 bridgehead atoms. The monoisotopic (exact) mass is 403 g/mol. The lowest BCUT2D eigenvalue weighted by molar-refractivity contribution is 0.208. The van der Waals surface area contributed by atoms with Crippen LogP contribution in [0.2, 0.25) is 0 Å². The number of benzene rings is 1. The van der Waals surface area contributed by atoms with Gasteiger partial charge in [0.1, 0.15) is 5.75 Å². The fraction of sp³-hybridized carbons (Fsp3) is 0.562. The number of hydrogen-bond acceptors (Lipinski definition) is 2. The molecule has 0 heterocycles. The van der Waals surface area contributed by atoms with Gasteiger partial charge in [0.2, 0.25) is 0 Å². The van der Waals surface area contributed by atoms with Crippen LogP contribution >= 0.6 is 24.0 Å². The minimum Gasteiger partial charge on any atom is -0.490 e. The Morgan fingerprint density at radius 1 is 1.33 bits per heavy atom. The minimum absolute atomic E-state index is 0. The van der Waals surface area contributed by atoms with Gasteiger partial charge < -0.3 is 15.8 Å². The Balaban J connectivity index is 0.00000220. The van der Waals surface area contributed by atoms with Crippen molar-refractivity contribution in [1.29, 1.82) is 0 Å². The normalized spacial score (nSPS) is 15.6. The number of ether oxygens (including phenoxy) is 1. The van der Waals surface area contributed by atoms with Crippen LogP contribution in [0.15, 0.2) is 29.3 Å². The van der Waals surface area contributed by atoms with Crippen molar-refractivity contribution in [2.24, 2.45) is 10.7 Å². The van der Waals surface area contributed by atoms with E-state index in [1.165, 1.54) is 12.8 Å². The summed E-state index contributed by atoms with van der Waals surface area (Å²) in [6.45, 7) is 3.52. The molecule has 1 aromatic rings. The first-order chi connectivity index (χ1) is 9.79. The number of para-hydroxylation sites is 1. The predicted octanol–water partition coefficient (Wildman–Crippen LogP) is 3.44. The molecule has 1 fully saturated rings. The maximum atomic E-state index is 6.09. The molecule has 1 saturated carbocycles. The fourth-order valence-electron chi connectivity index (χ4n) is 2.41. The van der Waals surface area contributed by atoms with Gasteiger partial charge in [0.05, 0.1) is 12.6 Å². The van der Waals surface area contributed by atoms with Crippen molar-refractivity contribution in [3.05, 3.63) is 29.8 Å². The molecule has 0 amide bonds. The lowest BCUT2D eigenvalue weighted by Crippen LogP contribution is -2.32. The predicted molar refractivity (Wildman–Crippen MR) is 98.4 cm³/mol. The largest absolute Gasteiger partial charge is 0.490 e. The topological polar surface area (TPSA) is 59.6 Å². The van der Waals surface area contributed by atoms with Crippen molar-refractivity contribution in [2.75, 3.05) is 6.54 Å². The smallest absolute Gasteiger partial charge is 0.188 e. The molecule has 4 nitrogen and oxygen atoms in total. The van der Waals surface area contributed by atoms with Crippen LogP contribution in [0.5, 0.6) is 5.75 Å². The molecule has 0 spiro atoms. The lowest BCUT2D eigenvalue weighted by atomic mass is 10.2. The SMILES string of the molecule is CCCNC(N)=NCc1ccccc1OC1CCCC1.I. The summed E-state index contributed by atoms with van der Waals surface area (Å²) in [5.74, 6) is 1.45. The van der Waals surface area contributed by atoms with Gasteiger partial charge in [-0.15, -0.1) is 24.0 Å². The molecular weight excluding hydrogens is 377 g/mol. The van der Waals surface area contributed by atoms with E-state index in [-0.39, 0.29) is 24.0 Å². The summed E-state index contributed by atoms with van der Waals surface area (Å²) in [7, 11) is 0. The van der Waals surface area contributed by atoms with Gasteiger partial charge >= 0.3 is 0 Å². The van der Waals surface area contributed by atoms with E-state index in [0.29, 0.717) is 18.6 Å². The summed E-state index contributed by atoms with van der Waals surface area (Å²) in [4.78, 5) is 4.37. The van der Waals surface area contributed by atoms with Crippen LogP contribution in [-0.2, 0) is 6.54 Å². The third-order valence-electron chi connectivity index (χ3n) is 3.54. The quantitative estimate of drug-likeness (QED) is 0.435. The van der Waals surface area contributed by atoms with Crippen molar-refractivity contribution >= 4 is 29.9 Å². The van der Waals surface area contributed by atoms with Crippen molar-refractivity contribution in [3.8, 4) is 5.75 Å². The molecule has 0 radical (unpaired) electrons. The van der Waals surface area contributed by atoms with Crippen molar-refractivity contribution in [3.63, 3.8) is 0 Å². The van der Waals surface area contributed by atoms with Gasteiger partial charge in [-0.3, -0.25) is 0 Å². The Morgan fingerprint density at radius 3 is 2.76 bits per heavy atom. The summed E-state index contributed by atoms with van der Waals surface area (Å²) in [6, 6.07) is 8.11. The van der Waals surface area contributed by atoms with E-state index in [1.807, 2.05) is 18.2 Å². The highest BCUT2D eigenvalue weighted by Gasteiger charge is 2.17. The van der Waals surface area contributed by atoms with Gasteiger partial charge in [0, 0.05) is 12.1 Å². The Morgan fingerprint density at radius 2 is 2.05 bits per heavy atom. The number of guanidine groups is 1. The molecule has 0 aromatic heterocycles. The first-order valence-electron chi connectivity index (χ1n) is 7.58. The van der Waals surface area contributed by atoms with Gasteiger partial charge in [-0.05, 0) is 38.2 Å². The van der Waals surface area contributed by atoms with Gasteiger partial charge in [0.25, 0.3) is 0 Å². The van der Waals surface area contributed by atoms with Crippen molar-refractivity contribution in [2.45, 2.75) is 51.7 Å². The molecule has 1 aromatic carbocycles. The van der Waals surface area contributed by atoms with E-state index < -0.39 is 0 Å². The summed E-state index contributed by atoms with van der Waals surface area (Å²) in [5.41, 5.74) is 6.92. The molecule has 0 unspecified atom stereocenters. The second-order valence-electron chi connectivity index (χ2n) is 5.26. The van der Waals surface area contributed by atoms with E-state index in [1.54, 1.807) is 0 Å². The summed E-state index contributed by atoms with van der Waals surface area (Å²) >= 11 is 0. The Labute approximate surface area is 144 Å². The number of halogens is 1. The first kappa shape index (κ1) is 18.1. The molecule has 0 aliphatic heterocycles. The zero-order valence-electron chi connectivity index (χ0n) is 12.7. The lowest BCUT2D eigenvalue weighted by Gasteiger charge is -2.15. The maximum absolute atomic E-state index is 6.09. The molecule has 0 atom stereocenters. The molecule has 2 rings (SSSR count). The number of nitrogens with zero attached hydrogens (tertiary/aromatic N) is 1. The second-order valence-corrected chi connectivity index (χ2v) is 5.26. The highest BCUT2D eigenvalue weighted by atomic mass is 127. The van der Waals surface area contributed by atoms with Crippen LogP contribution < -0.4 is 15.8 Å². The maximum Gasteiger partial charge on any atom is 0.188 e. The Hall–Kier alpha value is -0.980. The second kappa shape index (κ2) is 9.87. The summed E-state index contributed by atoms with van der Waals surface area (Å²) < 4.78 is 6.09. The number of nitrogens with one attached hydrogen (secondary N) is 1. The Bertz CT molecular complexity index is 445. The van der Waals surface area contributed by atoms with Gasteiger partial charge in [-0.1, -0.05) is 25.1 Å². The zero-order chi connectivity index (χ0) is 14.2. The molecule has 5 heteroatoms. The standard InChI is InChI=1S/C16H25N3O.HI/c1-2-11-18-16(17)19-12-13-7-3-6-10-15(13)20-14-8-4-5-9-14;/h3,6-7,10,14H,2,4-5,8-9,11-12H2,1H3,(H3,17,18,19);1H. The molecule has 118 valence electrons. The number of nitrogens with two attached hydrogens (primary N) is 1. The average Bonchev–Trinajstić information content (AvgIpc) is 2.97. The number of hydrogen-bond donors (Lipinski definition) is 2. The summed E-state index contributed by atoms with van der Waals surface area (Å²) in [5, 5.41) is 3.08. The van der Waals surface area contributed by atoms with Gasteiger partial charge in [-0.2, -0.15) is 0 Å². The van der Waals surface area contributed by atoms with Crippen LogP contribution in [0.3, 0.4) is 0 Å². The van der Waals surface area contributed by atoms with Crippen LogP contribution in [0.1, 0.15) is 44.6 Å². The van der Waals surface area contributed by atoms with Gasteiger partial charge in [-0.25, -0.2) is 4.99 Å². The fourth-order valence-corrected chi connectivity index (χ4v) is 2.41. The molecular formula is C16H26IN3O. The first-order valence-corrected chi connectivity index (χ1v) is 7.58. The highest BCUT2D eigenvalue weighted by Crippen LogP contribution is 2.26. The molecule has 21 heavy (non-hydrogen) atoms. The molecule has 3 N–H and O–H groups in total. The summed E-state index contributed by atoms with van der Waals surface area (Å²) in [6.07, 6.45) is 6.29. The van der Waals surface area contributed by atoms with E-state index in [0.717, 1.165) is 37.1 Å². The third-order valence-corrected chi connectivity index (χ3v) is 3.54. The van der Waals surface area contributed by atoms with Gasteiger partial charge in [0.15, 0.2) is 5.96 Å². The van der Waals surface area contributed by atoms with Crippen LogP contribution in [0.25, 0.3) is 0 Å². The van der Waals surface area contributed by atoms with E-state index in [2.05, 4.69) is 23.3 Å². The third kappa shape index (κ3) is 6.11. The van der Waals surface area contributed by atoms with E-state index >= 15 is 0 Å². The van der Waals surface area contributed by atoms with E-state index in [9.17, 15) is 0 Å². The van der Waals surface area contributed by atoms with Crippen LogP contribution in [0.4, 0.5) is 0 Å². The number of aliphatic imine (C=N–C) groups is 1. The van der Waals surface area contributed by atoms with Crippen molar-refractivity contribution in [1.82, 2.24) is 5.32 Å². The molecule has 0 saturated heterocycles. The van der Waals surface area contributed by atoms with Crippen LogP contribution in [0, 0.1) is 0 Å². The minimum atomic E-state index is 0. The zero-order valence-corrected chi connectivity index (χ0v) is 15.0. The molecule has 1 aliphatic rings. The van der Waals surface area contributed by atoms with E-state index in [4.69, 9.17) is 10.5 Å². The number of rotatable bonds is 6. The van der Waals surface area contributed by atoms with Crippen molar-refractivity contribution < 1.29 is 4.74 Å². The average molecular weight is 403 g/mol. The molecule has 1 aliphatic carbocycles. The highest BCUT2D eigenvalue weighted by molar-refractivity contribution is 14.0. The van der Waals surface area contributed by atoms with Crippen LogP contribution in [-0.4, -0.2) is 18.6 Å².